The molecule has 0 unspecified atom stereocenters. The van der Waals surface area contributed by atoms with Gasteiger partial charge in [0, 0.05) is 6.20 Å². The molecule has 0 saturated heterocycles. The van der Waals surface area contributed by atoms with Gasteiger partial charge in [-0.15, -0.1) is 12.4 Å². The number of nitrogens with zero attached hydrogens (tertiary/aromatic N) is 1. The average molecular weight is 178 g/mol. The molecule has 0 amide bonds. The Bertz CT molecular complexity index is 223. The number of pyridine rings is 1. The van der Waals surface area contributed by atoms with Gasteiger partial charge in [0.15, 0.2) is 0 Å². The highest BCUT2D eigenvalue weighted by Crippen LogP contribution is 2.11. The average Bonchev–Trinajstić information content (AvgIpc) is 1.80. The van der Waals surface area contributed by atoms with Gasteiger partial charge in [0.2, 0.25) is 0 Å². The van der Waals surface area contributed by atoms with E-state index in [9.17, 15) is 0 Å². The van der Waals surface area contributed by atoms with Crippen molar-refractivity contribution in [3.63, 3.8) is 0 Å². The van der Waals surface area contributed by atoms with Crippen LogP contribution in [-0.4, -0.2) is 4.98 Å². The van der Waals surface area contributed by atoms with Crippen LogP contribution in [0.2, 0.25) is 5.15 Å². The van der Waals surface area contributed by atoms with E-state index in [2.05, 4.69) is 4.98 Å². The Balaban J connectivity index is 0.000000810. The summed E-state index contributed by atoms with van der Waals surface area (Å²) in [7, 11) is 0. The van der Waals surface area contributed by atoms with Crippen molar-refractivity contribution in [1.29, 1.82) is 0 Å². The van der Waals surface area contributed by atoms with Crippen LogP contribution in [0.1, 0.15) is 11.1 Å². The summed E-state index contributed by atoms with van der Waals surface area (Å²) in [6.07, 6.45) is 1.76. The fourth-order valence-electron chi connectivity index (χ4n) is 0.699. The Kier molecular flexibility index (Phi) is 3.69. The summed E-state index contributed by atoms with van der Waals surface area (Å²) >= 11 is 5.67. The van der Waals surface area contributed by atoms with Crippen LogP contribution in [0.3, 0.4) is 0 Å². The first kappa shape index (κ1) is 9.73. The fraction of sp³-hybridized carbons (Fsp3) is 0.286. The molecule has 0 atom stereocenters. The number of hydrogen-bond acceptors (Lipinski definition) is 1. The van der Waals surface area contributed by atoms with Crippen LogP contribution in [0.15, 0.2) is 12.3 Å². The predicted octanol–water partition coefficient (Wildman–Crippen LogP) is 2.77. The van der Waals surface area contributed by atoms with Crippen LogP contribution >= 0.6 is 24.0 Å². The van der Waals surface area contributed by atoms with Gasteiger partial charge < -0.3 is 0 Å². The molecule has 10 heavy (non-hydrogen) atoms. The van der Waals surface area contributed by atoms with E-state index in [1.807, 2.05) is 19.9 Å². The van der Waals surface area contributed by atoms with Gasteiger partial charge in [-0.3, -0.25) is 0 Å². The molecule has 0 fully saturated rings. The number of rotatable bonds is 0. The summed E-state index contributed by atoms with van der Waals surface area (Å²) in [6, 6.07) is 2.01. The molecular weight excluding hydrogens is 169 g/mol. The minimum Gasteiger partial charge on any atom is -0.244 e. The third-order valence-corrected chi connectivity index (χ3v) is 1.55. The zero-order valence-corrected chi connectivity index (χ0v) is 7.46. The standard InChI is InChI=1S/C7H8ClN.ClH/c1-5-3-6(2)7(8)9-4-5;/h3-4H,1-2H3;1H. The molecule has 0 aromatic carbocycles. The molecule has 0 bridgehead atoms. The van der Waals surface area contributed by atoms with Gasteiger partial charge in [0.05, 0.1) is 0 Å². The topological polar surface area (TPSA) is 12.9 Å². The van der Waals surface area contributed by atoms with Gasteiger partial charge in [-0.05, 0) is 25.0 Å². The molecule has 56 valence electrons. The van der Waals surface area contributed by atoms with Crippen molar-refractivity contribution in [3.05, 3.63) is 28.5 Å². The van der Waals surface area contributed by atoms with E-state index < -0.39 is 0 Å². The van der Waals surface area contributed by atoms with E-state index in [4.69, 9.17) is 11.6 Å². The molecule has 1 heterocycles. The molecule has 1 nitrogen and oxygen atoms in total. The van der Waals surface area contributed by atoms with Crippen LogP contribution in [0.5, 0.6) is 0 Å². The summed E-state index contributed by atoms with van der Waals surface area (Å²) < 4.78 is 0. The molecule has 0 radical (unpaired) electrons. The van der Waals surface area contributed by atoms with Crippen molar-refractivity contribution < 1.29 is 0 Å². The van der Waals surface area contributed by atoms with Crippen LogP contribution in [0, 0.1) is 13.8 Å². The van der Waals surface area contributed by atoms with E-state index in [0.717, 1.165) is 11.1 Å². The first-order chi connectivity index (χ1) is 4.20. The van der Waals surface area contributed by atoms with Gasteiger partial charge in [-0.25, -0.2) is 4.98 Å². The fourth-order valence-corrected chi connectivity index (χ4v) is 0.802. The van der Waals surface area contributed by atoms with Gasteiger partial charge in [0.1, 0.15) is 5.15 Å². The van der Waals surface area contributed by atoms with Gasteiger partial charge in [-0.2, -0.15) is 0 Å². The molecule has 0 N–H and O–H groups in total. The Morgan fingerprint density at radius 3 is 2.40 bits per heavy atom. The lowest BCUT2D eigenvalue weighted by Crippen LogP contribution is -1.81. The zero-order chi connectivity index (χ0) is 6.85. The molecule has 1 aromatic rings. The molecule has 0 aliphatic rings. The molecule has 0 aliphatic carbocycles. The summed E-state index contributed by atoms with van der Waals surface area (Å²) in [5, 5.41) is 0.598. The van der Waals surface area contributed by atoms with E-state index in [-0.39, 0.29) is 12.4 Å². The lowest BCUT2D eigenvalue weighted by atomic mass is 10.2. The van der Waals surface area contributed by atoms with E-state index in [1.54, 1.807) is 6.20 Å². The van der Waals surface area contributed by atoms with Gasteiger partial charge >= 0.3 is 0 Å². The maximum Gasteiger partial charge on any atom is 0.131 e. The highest BCUT2D eigenvalue weighted by atomic mass is 35.5. The van der Waals surface area contributed by atoms with Crippen molar-refractivity contribution >= 4 is 24.0 Å². The summed E-state index contributed by atoms with van der Waals surface area (Å²) in [5.41, 5.74) is 2.19. The molecule has 3 heteroatoms. The van der Waals surface area contributed by atoms with E-state index in [0.29, 0.717) is 5.15 Å². The summed E-state index contributed by atoms with van der Waals surface area (Å²) in [5.74, 6) is 0. The van der Waals surface area contributed by atoms with E-state index >= 15 is 0 Å². The minimum absolute atomic E-state index is 0. The van der Waals surface area contributed by atoms with Crippen LogP contribution in [0.25, 0.3) is 0 Å². The van der Waals surface area contributed by atoms with Crippen molar-refractivity contribution in [1.82, 2.24) is 4.98 Å². The second-order valence-electron chi connectivity index (χ2n) is 2.12. The Morgan fingerprint density at radius 1 is 1.40 bits per heavy atom. The molecular formula is C7H9Cl2N. The summed E-state index contributed by atoms with van der Waals surface area (Å²) in [6.45, 7) is 3.94. The third kappa shape index (κ3) is 2.16. The monoisotopic (exact) mass is 177 g/mol. The number of aryl methyl sites for hydroxylation is 2. The summed E-state index contributed by atoms with van der Waals surface area (Å²) in [4.78, 5) is 3.94. The quantitative estimate of drug-likeness (QED) is 0.556. The van der Waals surface area contributed by atoms with E-state index in [1.165, 1.54) is 0 Å². The van der Waals surface area contributed by atoms with Crippen LogP contribution in [0.4, 0.5) is 0 Å². The van der Waals surface area contributed by atoms with Crippen molar-refractivity contribution in [2.45, 2.75) is 13.8 Å². The second-order valence-corrected chi connectivity index (χ2v) is 2.48. The molecule has 0 spiro atoms. The first-order valence-corrected chi connectivity index (χ1v) is 3.16. The second kappa shape index (κ2) is 3.79. The normalized spacial score (nSPS) is 8.70. The Labute approximate surface area is 71.8 Å². The molecule has 1 aromatic heterocycles. The Hall–Kier alpha value is -0.270. The SMILES string of the molecule is Cc1cnc(Cl)c(C)c1.Cl. The van der Waals surface area contributed by atoms with Gasteiger partial charge in [-0.1, -0.05) is 17.7 Å². The van der Waals surface area contributed by atoms with Crippen LogP contribution < -0.4 is 0 Å². The number of aromatic nitrogens is 1. The molecule has 0 aliphatic heterocycles. The van der Waals surface area contributed by atoms with Crippen molar-refractivity contribution in [2.24, 2.45) is 0 Å². The van der Waals surface area contributed by atoms with Gasteiger partial charge in [0.25, 0.3) is 0 Å². The highest BCUT2D eigenvalue weighted by molar-refractivity contribution is 6.30. The predicted molar refractivity (Wildman–Crippen MR) is 46.0 cm³/mol. The smallest absolute Gasteiger partial charge is 0.131 e. The zero-order valence-electron chi connectivity index (χ0n) is 5.89. The molecule has 1 rings (SSSR count). The lowest BCUT2D eigenvalue weighted by molar-refractivity contribution is 1.22. The number of halogens is 2. The lowest BCUT2D eigenvalue weighted by Gasteiger charge is -1.95. The molecule has 0 saturated carbocycles. The third-order valence-electron chi connectivity index (χ3n) is 1.15. The highest BCUT2D eigenvalue weighted by Gasteiger charge is 1.92. The maximum atomic E-state index is 5.67. The first-order valence-electron chi connectivity index (χ1n) is 2.79. The minimum atomic E-state index is 0. The maximum absolute atomic E-state index is 5.67. The van der Waals surface area contributed by atoms with Crippen molar-refractivity contribution in [3.8, 4) is 0 Å². The van der Waals surface area contributed by atoms with Crippen molar-refractivity contribution in [2.75, 3.05) is 0 Å². The largest absolute Gasteiger partial charge is 0.244 e. The Morgan fingerprint density at radius 2 is 2.00 bits per heavy atom. The van der Waals surface area contributed by atoms with Crippen LogP contribution in [-0.2, 0) is 0 Å². The number of hydrogen-bond donors (Lipinski definition) is 0.